The summed E-state index contributed by atoms with van der Waals surface area (Å²) >= 11 is 3.88. The number of rotatable bonds is 12. The van der Waals surface area contributed by atoms with Gasteiger partial charge in [0.05, 0.1) is 6.04 Å². The van der Waals surface area contributed by atoms with E-state index in [1.54, 1.807) is 13.8 Å². The van der Waals surface area contributed by atoms with Crippen molar-refractivity contribution in [1.82, 2.24) is 16.0 Å². The predicted molar refractivity (Wildman–Crippen MR) is 103 cm³/mol. The molecule has 0 aliphatic rings. The van der Waals surface area contributed by atoms with Crippen molar-refractivity contribution in [2.45, 2.75) is 57.8 Å². The maximum Gasteiger partial charge on any atom is 0.326 e. The summed E-state index contributed by atoms with van der Waals surface area (Å²) in [6.45, 7) is 4.54. The Morgan fingerprint density at radius 1 is 0.929 bits per heavy atom. The maximum atomic E-state index is 12.4. The molecule has 11 nitrogen and oxygen atoms in total. The van der Waals surface area contributed by atoms with E-state index in [0.29, 0.717) is 0 Å². The van der Waals surface area contributed by atoms with Crippen LogP contribution in [0.1, 0.15) is 33.6 Å². The molecule has 160 valence electrons. The zero-order valence-corrected chi connectivity index (χ0v) is 16.9. The summed E-state index contributed by atoms with van der Waals surface area (Å²) in [7, 11) is 0. The Labute approximate surface area is 168 Å². The highest BCUT2D eigenvalue weighted by atomic mass is 32.1. The van der Waals surface area contributed by atoms with Crippen molar-refractivity contribution in [1.29, 1.82) is 0 Å². The molecule has 0 spiro atoms. The molecule has 0 aromatic rings. The molecule has 0 aliphatic heterocycles. The maximum absolute atomic E-state index is 12.4. The molecule has 0 saturated heterocycles. The Kier molecular flexibility index (Phi) is 11.2. The molecule has 0 aromatic carbocycles. The number of aliphatic carboxylic acids is 2. The van der Waals surface area contributed by atoms with Crippen LogP contribution >= 0.6 is 12.6 Å². The lowest BCUT2D eigenvalue weighted by Gasteiger charge is -2.24. The number of carboxylic acid groups (broad SMARTS) is 2. The van der Waals surface area contributed by atoms with E-state index < -0.39 is 66.2 Å². The van der Waals surface area contributed by atoms with Crippen molar-refractivity contribution in [2.24, 2.45) is 11.7 Å². The van der Waals surface area contributed by atoms with E-state index in [-0.39, 0.29) is 12.2 Å². The second-order valence-corrected chi connectivity index (χ2v) is 6.95. The van der Waals surface area contributed by atoms with Gasteiger partial charge < -0.3 is 31.9 Å². The van der Waals surface area contributed by atoms with E-state index in [4.69, 9.17) is 10.8 Å². The normalized spacial score (nSPS) is 15.1. The van der Waals surface area contributed by atoms with Gasteiger partial charge >= 0.3 is 11.9 Å². The standard InChI is InChI=1S/C16H28N4O7S/c1-7(2)12(16(26)27)20-15(25)10(4-5-11(21)22)19-13(23)8(3)18-14(24)9(17)6-28/h7-10,12,28H,4-6,17H2,1-3H3,(H,18,24)(H,19,23)(H,20,25)(H,21,22)(H,26,27). The smallest absolute Gasteiger partial charge is 0.326 e. The molecular weight excluding hydrogens is 392 g/mol. The third-order valence-electron chi connectivity index (χ3n) is 3.80. The van der Waals surface area contributed by atoms with E-state index in [0.717, 1.165) is 0 Å². The minimum absolute atomic E-state index is 0.0651. The number of amides is 3. The molecule has 7 N–H and O–H groups in total. The molecule has 4 atom stereocenters. The summed E-state index contributed by atoms with van der Waals surface area (Å²) in [4.78, 5) is 58.5. The van der Waals surface area contributed by atoms with Crippen LogP contribution in [0, 0.1) is 5.92 Å². The van der Waals surface area contributed by atoms with E-state index in [2.05, 4.69) is 28.6 Å². The molecule has 0 radical (unpaired) electrons. The highest BCUT2D eigenvalue weighted by Crippen LogP contribution is 2.05. The number of carbonyl (C=O) groups excluding carboxylic acids is 3. The number of carbonyl (C=O) groups is 5. The summed E-state index contributed by atoms with van der Waals surface area (Å²) in [6, 6.07) is -4.48. The van der Waals surface area contributed by atoms with Crippen molar-refractivity contribution < 1.29 is 34.2 Å². The molecule has 0 saturated carbocycles. The summed E-state index contributed by atoms with van der Waals surface area (Å²) in [5.74, 6) is -5.01. The Bertz CT molecular complexity index is 600. The van der Waals surface area contributed by atoms with Crippen LogP contribution in [0.3, 0.4) is 0 Å². The monoisotopic (exact) mass is 420 g/mol. The molecular formula is C16H28N4O7S. The minimum Gasteiger partial charge on any atom is -0.481 e. The van der Waals surface area contributed by atoms with Crippen LogP contribution in [0.4, 0.5) is 0 Å². The van der Waals surface area contributed by atoms with Gasteiger partial charge in [0.2, 0.25) is 17.7 Å². The fourth-order valence-corrected chi connectivity index (χ4v) is 2.24. The molecule has 0 fully saturated rings. The van der Waals surface area contributed by atoms with Crippen molar-refractivity contribution in [3.63, 3.8) is 0 Å². The Balaban J connectivity index is 5.15. The molecule has 0 bridgehead atoms. The van der Waals surface area contributed by atoms with E-state index >= 15 is 0 Å². The van der Waals surface area contributed by atoms with Gasteiger partial charge in [0.25, 0.3) is 0 Å². The predicted octanol–water partition coefficient (Wildman–Crippen LogP) is -1.68. The highest BCUT2D eigenvalue weighted by Gasteiger charge is 2.30. The summed E-state index contributed by atoms with van der Waals surface area (Å²) in [5, 5.41) is 25.0. The molecule has 12 heteroatoms. The molecule has 0 aromatic heterocycles. The van der Waals surface area contributed by atoms with E-state index in [1.807, 2.05) is 0 Å². The fraction of sp³-hybridized carbons (Fsp3) is 0.688. The van der Waals surface area contributed by atoms with Crippen LogP contribution in [0.15, 0.2) is 0 Å². The van der Waals surface area contributed by atoms with Crippen molar-refractivity contribution in [3.05, 3.63) is 0 Å². The first kappa shape index (κ1) is 25.7. The first-order chi connectivity index (χ1) is 12.9. The second kappa shape index (κ2) is 12.2. The zero-order valence-electron chi connectivity index (χ0n) is 16.0. The summed E-state index contributed by atoms with van der Waals surface area (Å²) < 4.78 is 0. The van der Waals surface area contributed by atoms with Gasteiger partial charge in [-0.25, -0.2) is 4.79 Å². The van der Waals surface area contributed by atoms with Gasteiger partial charge in [-0.3, -0.25) is 19.2 Å². The quantitative estimate of drug-likeness (QED) is 0.182. The average molecular weight is 420 g/mol. The minimum atomic E-state index is -1.29. The zero-order chi connectivity index (χ0) is 22.0. The first-order valence-electron chi connectivity index (χ1n) is 8.62. The van der Waals surface area contributed by atoms with Gasteiger partial charge in [-0.2, -0.15) is 12.6 Å². The first-order valence-corrected chi connectivity index (χ1v) is 9.26. The fourth-order valence-electron chi connectivity index (χ4n) is 2.07. The van der Waals surface area contributed by atoms with Crippen LogP contribution in [0.2, 0.25) is 0 Å². The van der Waals surface area contributed by atoms with Crippen LogP contribution in [0.25, 0.3) is 0 Å². The van der Waals surface area contributed by atoms with Gasteiger partial charge in [0.15, 0.2) is 0 Å². The van der Waals surface area contributed by atoms with E-state index in [1.165, 1.54) is 6.92 Å². The SMILES string of the molecule is CC(NC(=O)C(N)CS)C(=O)NC(CCC(=O)O)C(=O)NC(C(=O)O)C(C)C. The number of nitrogens with one attached hydrogen (secondary N) is 3. The van der Waals surface area contributed by atoms with Crippen molar-refractivity contribution >= 4 is 42.3 Å². The van der Waals surface area contributed by atoms with E-state index in [9.17, 15) is 29.1 Å². The largest absolute Gasteiger partial charge is 0.481 e. The third-order valence-corrected chi connectivity index (χ3v) is 4.19. The number of thiol groups is 1. The topological polar surface area (TPSA) is 188 Å². The number of hydrogen-bond donors (Lipinski definition) is 7. The van der Waals surface area contributed by atoms with Crippen LogP contribution < -0.4 is 21.7 Å². The van der Waals surface area contributed by atoms with Gasteiger partial charge in [0, 0.05) is 12.2 Å². The molecule has 4 unspecified atom stereocenters. The Morgan fingerprint density at radius 2 is 1.50 bits per heavy atom. The molecule has 0 heterocycles. The Morgan fingerprint density at radius 3 is 1.93 bits per heavy atom. The number of nitrogens with two attached hydrogens (primary N) is 1. The van der Waals surface area contributed by atoms with Crippen LogP contribution in [0.5, 0.6) is 0 Å². The highest BCUT2D eigenvalue weighted by molar-refractivity contribution is 7.80. The lowest BCUT2D eigenvalue weighted by Crippen LogP contribution is -2.57. The van der Waals surface area contributed by atoms with Crippen molar-refractivity contribution in [2.75, 3.05) is 5.75 Å². The van der Waals surface area contributed by atoms with Gasteiger partial charge in [-0.1, -0.05) is 13.8 Å². The molecule has 28 heavy (non-hydrogen) atoms. The van der Waals surface area contributed by atoms with Crippen LogP contribution in [-0.2, 0) is 24.0 Å². The average Bonchev–Trinajstić information content (AvgIpc) is 2.60. The summed E-state index contributed by atoms with van der Waals surface area (Å²) in [5.41, 5.74) is 5.50. The Hall–Kier alpha value is -2.34. The van der Waals surface area contributed by atoms with Crippen LogP contribution in [-0.4, -0.2) is 69.8 Å². The number of carboxylic acids is 2. The second-order valence-electron chi connectivity index (χ2n) is 6.58. The third kappa shape index (κ3) is 9.04. The summed E-state index contributed by atoms with van der Waals surface area (Å²) in [6.07, 6.45) is -0.683. The lowest BCUT2D eigenvalue weighted by atomic mass is 10.0. The molecule has 0 aliphatic carbocycles. The number of hydrogen-bond acceptors (Lipinski definition) is 7. The van der Waals surface area contributed by atoms with Gasteiger partial charge in [0.1, 0.15) is 18.1 Å². The molecule has 0 rings (SSSR count). The van der Waals surface area contributed by atoms with Gasteiger partial charge in [-0.05, 0) is 19.3 Å². The lowest BCUT2D eigenvalue weighted by molar-refractivity contribution is -0.144. The van der Waals surface area contributed by atoms with Crippen molar-refractivity contribution in [3.8, 4) is 0 Å². The molecule has 3 amide bonds. The van der Waals surface area contributed by atoms with Gasteiger partial charge in [-0.15, -0.1) is 0 Å².